The van der Waals surface area contributed by atoms with Crippen LogP contribution in [0, 0.1) is 5.41 Å². The van der Waals surface area contributed by atoms with Crippen LogP contribution in [0.3, 0.4) is 0 Å². The lowest BCUT2D eigenvalue weighted by Crippen LogP contribution is -2.33. The lowest BCUT2D eigenvalue weighted by Gasteiger charge is -2.18. The summed E-state index contributed by atoms with van der Waals surface area (Å²) in [7, 11) is 0. The molecule has 2 amide bonds. The first kappa shape index (κ1) is 12.7. The minimum Gasteiger partial charge on any atom is -0.325 e. The number of aromatic nitrogens is 1. The van der Waals surface area contributed by atoms with Crippen molar-refractivity contribution in [1.29, 1.82) is 0 Å². The molecule has 5 nitrogen and oxygen atoms in total. The number of hydrogen-bond donors (Lipinski definition) is 1. The molecular weight excluding hydrogens is 230 g/mol. The van der Waals surface area contributed by atoms with Gasteiger partial charge in [-0.1, -0.05) is 19.9 Å². The van der Waals surface area contributed by atoms with Crippen molar-refractivity contribution in [2.24, 2.45) is 11.1 Å². The molecule has 5 heteroatoms. The van der Waals surface area contributed by atoms with Gasteiger partial charge in [0.25, 0.3) is 0 Å². The third-order valence-electron chi connectivity index (χ3n) is 3.22. The van der Waals surface area contributed by atoms with Crippen LogP contribution in [0.5, 0.6) is 0 Å². The molecule has 2 rings (SSSR count). The molecule has 1 aliphatic heterocycles. The van der Waals surface area contributed by atoms with Crippen LogP contribution in [-0.2, 0) is 22.7 Å². The molecule has 1 aliphatic rings. The van der Waals surface area contributed by atoms with E-state index in [2.05, 4.69) is 4.98 Å². The SMILES string of the molecule is CC1(C)CC(=O)N(Cc2cccnc2CN)C1=O. The van der Waals surface area contributed by atoms with Gasteiger partial charge in [0.05, 0.1) is 17.7 Å². The van der Waals surface area contributed by atoms with Gasteiger partial charge in [-0.2, -0.15) is 0 Å². The Morgan fingerprint density at radius 1 is 1.44 bits per heavy atom. The standard InChI is InChI=1S/C13H17N3O2/c1-13(2)6-11(17)16(12(13)18)8-9-4-3-5-15-10(9)7-14/h3-5H,6-8,14H2,1-2H3. The zero-order chi connectivity index (χ0) is 13.3. The van der Waals surface area contributed by atoms with E-state index >= 15 is 0 Å². The lowest BCUT2D eigenvalue weighted by atomic mass is 9.92. The van der Waals surface area contributed by atoms with Crippen LogP contribution in [-0.4, -0.2) is 21.7 Å². The highest BCUT2D eigenvalue weighted by molar-refractivity contribution is 6.05. The summed E-state index contributed by atoms with van der Waals surface area (Å²) in [5, 5.41) is 0. The van der Waals surface area contributed by atoms with Crippen LogP contribution in [0.1, 0.15) is 31.5 Å². The van der Waals surface area contributed by atoms with Gasteiger partial charge >= 0.3 is 0 Å². The van der Waals surface area contributed by atoms with E-state index in [1.807, 2.05) is 6.07 Å². The van der Waals surface area contributed by atoms with E-state index in [1.165, 1.54) is 4.90 Å². The molecule has 0 unspecified atom stereocenters. The van der Waals surface area contributed by atoms with Crippen LogP contribution in [0.2, 0.25) is 0 Å². The van der Waals surface area contributed by atoms with Gasteiger partial charge in [-0.25, -0.2) is 0 Å². The monoisotopic (exact) mass is 247 g/mol. The summed E-state index contributed by atoms with van der Waals surface area (Å²) < 4.78 is 0. The Balaban J connectivity index is 2.24. The van der Waals surface area contributed by atoms with Gasteiger partial charge < -0.3 is 5.73 Å². The van der Waals surface area contributed by atoms with Crippen LogP contribution < -0.4 is 5.73 Å². The summed E-state index contributed by atoms with van der Waals surface area (Å²) in [4.78, 5) is 29.4. The molecule has 0 spiro atoms. The van der Waals surface area contributed by atoms with Crippen LogP contribution in [0.25, 0.3) is 0 Å². The highest BCUT2D eigenvalue weighted by Crippen LogP contribution is 2.32. The number of carbonyl (C=O) groups excluding carboxylic acids is 2. The Labute approximate surface area is 106 Å². The minimum atomic E-state index is -0.595. The summed E-state index contributed by atoms with van der Waals surface area (Å²) in [6.07, 6.45) is 1.92. The number of carbonyl (C=O) groups is 2. The third kappa shape index (κ3) is 2.13. The summed E-state index contributed by atoms with van der Waals surface area (Å²) in [5.41, 5.74) is 6.56. The van der Waals surface area contributed by atoms with Crippen molar-refractivity contribution < 1.29 is 9.59 Å². The zero-order valence-corrected chi connectivity index (χ0v) is 10.6. The van der Waals surface area contributed by atoms with Gasteiger partial charge in [0.1, 0.15) is 0 Å². The average molecular weight is 247 g/mol. The molecule has 0 atom stereocenters. The molecule has 0 aromatic carbocycles. The maximum absolute atomic E-state index is 12.1. The van der Waals surface area contributed by atoms with E-state index < -0.39 is 5.41 Å². The van der Waals surface area contributed by atoms with E-state index in [0.29, 0.717) is 6.54 Å². The number of nitrogens with zero attached hydrogens (tertiary/aromatic N) is 2. The largest absolute Gasteiger partial charge is 0.325 e. The highest BCUT2D eigenvalue weighted by atomic mass is 16.2. The van der Waals surface area contributed by atoms with Gasteiger partial charge in [-0.05, 0) is 11.6 Å². The molecule has 1 aromatic rings. The van der Waals surface area contributed by atoms with Crippen molar-refractivity contribution in [1.82, 2.24) is 9.88 Å². The second-order valence-electron chi connectivity index (χ2n) is 5.16. The predicted octanol–water partition coefficient (Wildman–Crippen LogP) is 0.825. The Hall–Kier alpha value is -1.75. The molecule has 2 N–H and O–H groups in total. The Morgan fingerprint density at radius 3 is 2.72 bits per heavy atom. The number of likely N-dealkylation sites (tertiary alicyclic amines) is 1. The van der Waals surface area contributed by atoms with Crippen molar-refractivity contribution in [2.45, 2.75) is 33.4 Å². The number of pyridine rings is 1. The molecule has 0 aliphatic carbocycles. The third-order valence-corrected chi connectivity index (χ3v) is 3.22. The second-order valence-corrected chi connectivity index (χ2v) is 5.16. The summed E-state index contributed by atoms with van der Waals surface area (Å²) in [6.45, 7) is 4.15. The quantitative estimate of drug-likeness (QED) is 0.802. The van der Waals surface area contributed by atoms with Crippen LogP contribution in [0.4, 0.5) is 0 Å². The second kappa shape index (κ2) is 4.49. The molecule has 1 aromatic heterocycles. The van der Waals surface area contributed by atoms with E-state index in [9.17, 15) is 9.59 Å². The maximum atomic E-state index is 12.1. The van der Waals surface area contributed by atoms with Crippen molar-refractivity contribution in [3.8, 4) is 0 Å². The van der Waals surface area contributed by atoms with Gasteiger partial charge in [-0.3, -0.25) is 19.5 Å². The Morgan fingerprint density at radius 2 is 2.17 bits per heavy atom. The van der Waals surface area contributed by atoms with Crippen molar-refractivity contribution in [3.63, 3.8) is 0 Å². The summed E-state index contributed by atoms with van der Waals surface area (Å²) >= 11 is 0. The molecule has 2 heterocycles. The molecule has 18 heavy (non-hydrogen) atoms. The first-order valence-electron chi connectivity index (χ1n) is 5.93. The molecule has 1 saturated heterocycles. The Kier molecular flexibility index (Phi) is 3.17. The molecule has 96 valence electrons. The van der Waals surface area contributed by atoms with Crippen molar-refractivity contribution in [3.05, 3.63) is 29.6 Å². The van der Waals surface area contributed by atoms with E-state index in [4.69, 9.17) is 5.73 Å². The lowest BCUT2D eigenvalue weighted by molar-refractivity contribution is -0.141. The van der Waals surface area contributed by atoms with Crippen LogP contribution >= 0.6 is 0 Å². The molecule has 0 saturated carbocycles. The fourth-order valence-electron chi connectivity index (χ4n) is 2.16. The number of imide groups is 1. The Bertz CT molecular complexity index is 497. The van der Waals surface area contributed by atoms with E-state index in [1.54, 1.807) is 26.1 Å². The normalized spacial score (nSPS) is 18.5. The van der Waals surface area contributed by atoms with Gasteiger partial charge in [0.15, 0.2) is 0 Å². The number of amides is 2. The predicted molar refractivity (Wildman–Crippen MR) is 66.1 cm³/mol. The fourth-order valence-corrected chi connectivity index (χ4v) is 2.16. The smallest absolute Gasteiger partial charge is 0.235 e. The molecule has 0 radical (unpaired) electrons. The number of hydrogen-bond acceptors (Lipinski definition) is 4. The number of rotatable bonds is 3. The summed E-state index contributed by atoms with van der Waals surface area (Å²) in [5.74, 6) is -0.254. The maximum Gasteiger partial charge on any atom is 0.235 e. The summed E-state index contributed by atoms with van der Waals surface area (Å²) in [6, 6.07) is 3.63. The number of nitrogens with two attached hydrogens (primary N) is 1. The minimum absolute atomic E-state index is 0.126. The van der Waals surface area contributed by atoms with Gasteiger partial charge in [0.2, 0.25) is 11.8 Å². The molecule has 1 fully saturated rings. The molecular formula is C13H17N3O2. The molecule has 0 bridgehead atoms. The van der Waals surface area contributed by atoms with Crippen molar-refractivity contribution >= 4 is 11.8 Å². The van der Waals surface area contributed by atoms with Gasteiger partial charge in [0, 0.05) is 19.2 Å². The van der Waals surface area contributed by atoms with Crippen molar-refractivity contribution in [2.75, 3.05) is 0 Å². The average Bonchev–Trinajstić information content (AvgIpc) is 2.52. The van der Waals surface area contributed by atoms with E-state index in [0.717, 1.165) is 11.3 Å². The highest BCUT2D eigenvalue weighted by Gasteiger charge is 2.44. The first-order valence-corrected chi connectivity index (χ1v) is 5.93. The van der Waals surface area contributed by atoms with Gasteiger partial charge in [-0.15, -0.1) is 0 Å². The zero-order valence-electron chi connectivity index (χ0n) is 10.6. The topological polar surface area (TPSA) is 76.3 Å². The van der Waals surface area contributed by atoms with Crippen LogP contribution in [0.15, 0.2) is 18.3 Å². The first-order chi connectivity index (χ1) is 8.45. The fraction of sp³-hybridized carbons (Fsp3) is 0.462. The van der Waals surface area contributed by atoms with E-state index in [-0.39, 0.29) is 24.8 Å².